The van der Waals surface area contributed by atoms with Crippen LogP contribution in [-0.2, 0) is 6.54 Å². The van der Waals surface area contributed by atoms with Crippen LogP contribution in [0.5, 0.6) is 0 Å². The lowest BCUT2D eigenvalue weighted by atomic mass is 9.94. The van der Waals surface area contributed by atoms with Crippen molar-refractivity contribution in [1.82, 2.24) is 9.88 Å². The number of aryl methyl sites for hydroxylation is 1. The fraction of sp³-hybridized carbons (Fsp3) is 0.389. The molecule has 0 bridgehead atoms. The fourth-order valence-corrected chi connectivity index (χ4v) is 3.43. The van der Waals surface area contributed by atoms with Gasteiger partial charge in [-0.2, -0.15) is 0 Å². The summed E-state index contributed by atoms with van der Waals surface area (Å²) < 4.78 is 0. The average molecular weight is 301 g/mol. The summed E-state index contributed by atoms with van der Waals surface area (Å²) in [5, 5.41) is 0.585. The molecule has 0 N–H and O–H groups in total. The molecule has 21 heavy (non-hydrogen) atoms. The number of halogens is 1. The van der Waals surface area contributed by atoms with Gasteiger partial charge in [0.2, 0.25) is 0 Å². The molecule has 0 unspecified atom stereocenters. The van der Waals surface area contributed by atoms with E-state index in [2.05, 4.69) is 53.2 Å². The van der Waals surface area contributed by atoms with E-state index in [0.29, 0.717) is 11.2 Å². The molecule has 1 aromatic heterocycles. The first-order chi connectivity index (χ1) is 10.2. The number of rotatable bonds is 3. The largest absolute Gasteiger partial charge is 0.292 e. The minimum Gasteiger partial charge on any atom is -0.292 e. The van der Waals surface area contributed by atoms with Crippen molar-refractivity contribution >= 4 is 11.6 Å². The van der Waals surface area contributed by atoms with Gasteiger partial charge in [-0.3, -0.25) is 4.90 Å². The Hall–Kier alpha value is -1.38. The molecule has 1 saturated heterocycles. The van der Waals surface area contributed by atoms with Crippen molar-refractivity contribution in [2.75, 3.05) is 6.54 Å². The van der Waals surface area contributed by atoms with Crippen molar-refractivity contribution in [3.8, 4) is 0 Å². The lowest BCUT2D eigenvalue weighted by molar-refractivity contribution is 0.139. The highest BCUT2D eigenvalue weighted by Gasteiger charge is 2.25. The third-order valence-electron chi connectivity index (χ3n) is 4.29. The van der Waals surface area contributed by atoms with E-state index in [1.54, 1.807) is 0 Å². The van der Waals surface area contributed by atoms with Gasteiger partial charge in [-0.05, 0) is 43.5 Å². The first-order valence-corrected chi connectivity index (χ1v) is 8.03. The second-order valence-corrected chi connectivity index (χ2v) is 6.16. The number of benzene rings is 1. The zero-order chi connectivity index (χ0) is 14.7. The Kier molecular flexibility index (Phi) is 4.57. The number of likely N-dealkylation sites (tertiary alicyclic amines) is 1. The zero-order valence-corrected chi connectivity index (χ0v) is 13.2. The Morgan fingerprint density at radius 3 is 2.71 bits per heavy atom. The maximum absolute atomic E-state index is 6.00. The topological polar surface area (TPSA) is 16.1 Å². The molecule has 3 rings (SSSR count). The molecule has 0 spiro atoms. The van der Waals surface area contributed by atoms with Crippen molar-refractivity contribution in [2.24, 2.45) is 0 Å². The molecule has 2 heterocycles. The van der Waals surface area contributed by atoms with Gasteiger partial charge < -0.3 is 0 Å². The van der Waals surface area contributed by atoms with Crippen LogP contribution >= 0.6 is 11.6 Å². The van der Waals surface area contributed by atoms with Crippen LogP contribution in [0.1, 0.15) is 42.1 Å². The summed E-state index contributed by atoms with van der Waals surface area (Å²) in [5.74, 6) is 0. The SMILES string of the molecule is Cc1nc(Cl)ccc1[C@@H]1CCCCN1Cc1ccccc1. The number of hydrogen-bond donors (Lipinski definition) is 0. The van der Waals surface area contributed by atoms with Gasteiger partial charge in [0, 0.05) is 18.3 Å². The second-order valence-electron chi connectivity index (χ2n) is 5.78. The monoisotopic (exact) mass is 300 g/mol. The van der Waals surface area contributed by atoms with Crippen LogP contribution in [-0.4, -0.2) is 16.4 Å². The highest BCUT2D eigenvalue weighted by Crippen LogP contribution is 2.33. The second kappa shape index (κ2) is 6.59. The standard InChI is InChI=1S/C18H21ClN2/c1-14-16(10-11-18(19)20-14)17-9-5-6-12-21(17)13-15-7-3-2-4-8-15/h2-4,7-8,10-11,17H,5-6,9,12-13H2,1H3/t17-/m0/s1. The van der Waals surface area contributed by atoms with Gasteiger partial charge in [0.15, 0.2) is 0 Å². The van der Waals surface area contributed by atoms with Gasteiger partial charge in [0.1, 0.15) is 5.15 Å². The molecule has 0 saturated carbocycles. The number of pyridine rings is 1. The Morgan fingerprint density at radius 2 is 1.95 bits per heavy atom. The Balaban J connectivity index is 1.84. The molecule has 2 aromatic rings. The van der Waals surface area contributed by atoms with Crippen LogP contribution in [0.15, 0.2) is 42.5 Å². The number of piperidine rings is 1. The molecular weight excluding hydrogens is 280 g/mol. The molecular formula is C18H21ClN2. The molecule has 0 amide bonds. The predicted octanol–water partition coefficient (Wildman–Crippen LogP) is 4.77. The van der Waals surface area contributed by atoms with Crippen LogP contribution < -0.4 is 0 Å². The van der Waals surface area contributed by atoms with E-state index in [1.807, 2.05) is 6.07 Å². The van der Waals surface area contributed by atoms with E-state index in [0.717, 1.165) is 18.8 Å². The Labute approximate surface area is 131 Å². The summed E-state index contributed by atoms with van der Waals surface area (Å²) in [6.45, 7) is 4.23. The van der Waals surface area contributed by atoms with Crippen LogP contribution in [0.3, 0.4) is 0 Å². The lowest BCUT2D eigenvalue weighted by Gasteiger charge is -2.36. The van der Waals surface area contributed by atoms with Crippen molar-refractivity contribution in [1.29, 1.82) is 0 Å². The van der Waals surface area contributed by atoms with E-state index in [4.69, 9.17) is 11.6 Å². The molecule has 1 atom stereocenters. The smallest absolute Gasteiger partial charge is 0.129 e. The summed E-state index contributed by atoms with van der Waals surface area (Å²) in [6.07, 6.45) is 3.78. The van der Waals surface area contributed by atoms with E-state index < -0.39 is 0 Å². The first-order valence-electron chi connectivity index (χ1n) is 7.65. The van der Waals surface area contributed by atoms with Gasteiger partial charge in [0.25, 0.3) is 0 Å². The van der Waals surface area contributed by atoms with Crippen LogP contribution in [0.2, 0.25) is 5.15 Å². The van der Waals surface area contributed by atoms with Gasteiger partial charge in [-0.25, -0.2) is 4.98 Å². The molecule has 1 aliphatic heterocycles. The number of hydrogen-bond acceptors (Lipinski definition) is 2. The molecule has 2 nitrogen and oxygen atoms in total. The van der Waals surface area contributed by atoms with Crippen LogP contribution in [0, 0.1) is 6.92 Å². The Bertz CT molecular complexity index is 597. The van der Waals surface area contributed by atoms with E-state index in [-0.39, 0.29) is 0 Å². The van der Waals surface area contributed by atoms with Gasteiger partial charge in [0.05, 0.1) is 0 Å². The summed E-state index contributed by atoms with van der Waals surface area (Å²) >= 11 is 6.00. The fourth-order valence-electron chi connectivity index (χ4n) is 3.24. The average Bonchev–Trinajstić information content (AvgIpc) is 2.49. The third kappa shape index (κ3) is 3.45. The molecule has 3 heteroatoms. The minimum atomic E-state index is 0.462. The molecule has 1 fully saturated rings. The van der Waals surface area contributed by atoms with E-state index >= 15 is 0 Å². The molecule has 1 aromatic carbocycles. The summed E-state index contributed by atoms with van der Waals surface area (Å²) in [7, 11) is 0. The maximum Gasteiger partial charge on any atom is 0.129 e. The molecule has 110 valence electrons. The highest BCUT2D eigenvalue weighted by molar-refractivity contribution is 6.29. The quantitative estimate of drug-likeness (QED) is 0.759. The summed E-state index contributed by atoms with van der Waals surface area (Å²) in [5.41, 5.74) is 3.77. The van der Waals surface area contributed by atoms with E-state index in [1.165, 1.54) is 30.4 Å². The zero-order valence-electron chi connectivity index (χ0n) is 12.4. The lowest BCUT2D eigenvalue weighted by Crippen LogP contribution is -2.33. The van der Waals surface area contributed by atoms with Crippen LogP contribution in [0.4, 0.5) is 0 Å². The number of aromatic nitrogens is 1. The van der Waals surface area contributed by atoms with Crippen molar-refractivity contribution in [3.05, 3.63) is 64.4 Å². The van der Waals surface area contributed by atoms with Gasteiger partial charge in [-0.1, -0.05) is 54.4 Å². The van der Waals surface area contributed by atoms with Gasteiger partial charge >= 0.3 is 0 Å². The van der Waals surface area contributed by atoms with Crippen LogP contribution in [0.25, 0.3) is 0 Å². The Morgan fingerprint density at radius 1 is 1.14 bits per heavy atom. The molecule has 0 aliphatic carbocycles. The van der Waals surface area contributed by atoms with Crippen molar-refractivity contribution < 1.29 is 0 Å². The summed E-state index contributed by atoms with van der Waals surface area (Å²) in [4.78, 5) is 7.01. The highest BCUT2D eigenvalue weighted by atomic mass is 35.5. The van der Waals surface area contributed by atoms with Gasteiger partial charge in [-0.15, -0.1) is 0 Å². The maximum atomic E-state index is 6.00. The number of nitrogens with zero attached hydrogens (tertiary/aromatic N) is 2. The first kappa shape index (κ1) is 14.6. The minimum absolute atomic E-state index is 0.462. The third-order valence-corrected chi connectivity index (χ3v) is 4.50. The summed E-state index contributed by atoms with van der Waals surface area (Å²) in [6, 6.07) is 15.2. The van der Waals surface area contributed by atoms with E-state index in [9.17, 15) is 0 Å². The predicted molar refractivity (Wildman–Crippen MR) is 87.4 cm³/mol. The molecule has 0 radical (unpaired) electrons. The van der Waals surface area contributed by atoms with Crippen molar-refractivity contribution in [3.63, 3.8) is 0 Å². The van der Waals surface area contributed by atoms with Crippen molar-refractivity contribution in [2.45, 2.75) is 38.8 Å². The molecule has 1 aliphatic rings. The normalized spacial score (nSPS) is 19.6.